The van der Waals surface area contributed by atoms with E-state index in [2.05, 4.69) is 72.3 Å². The fourth-order valence-electron chi connectivity index (χ4n) is 2.78. The zero-order valence-corrected chi connectivity index (χ0v) is 16.8. The minimum atomic E-state index is 0.141. The second-order valence-electron chi connectivity index (χ2n) is 8.93. The lowest BCUT2D eigenvalue weighted by Crippen LogP contribution is -2.31. The summed E-state index contributed by atoms with van der Waals surface area (Å²) in [7, 11) is 0. The molecule has 0 fully saturated rings. The molecule has 0 saturated carbocycles. The van der Waals surface area contributed by atoms with Gasteiger partial charge in [0.25, 0.3) is 0 Å². The highest BCUT2D eigenvalue weighted by Gasteiger charge is 2.18. The third kappa shape index (κ3) is 8.02. The Hall–Kier alpha value is -1.85. The summed E-state index contributed by atoms with van der Waals surface area (Å²) >= 11 is 0. The SMILES string of the molecule is CC(C)(C)CNCc1ccc(CC(C)(C)CNCc2ncccn2)cn1. The van der Waals surface area contributed by atoms with Crippen LogP contribution in [0.25, 0.3) is 0 Å². The van der Waals surface area contributed by atoms with Crippen molar-refractivity contribution in [1.82, 2.24) is 25.6 Å². The van der Waals surface area contributed by atoms with E-state index in [1.54, 1.807) is 12.4 Å². The van der Waals surface area contributed by atoms with Gasteiger partial charge < -0.3 is 10.6 Å². The van der Waals surface area contributed by atoms with Gasteiger partial charge in [0, 0.05) is 38.2 Å². The zero-order chi connectivity index (χ0) is 19.0. The van der Waals surface area contributed by atoms with Gasteiger partial charge in [-0.2, -0.15) is 0 Å². The molecule has 142 valence electrons. The molecule has 26 heavy (non-hydrogen) atoms. The molecule has 0 amide bonds. The minimum Gasteiger partial charge on any atom is -0.311 e. The first kappa shape index (κ1) is 20.5. The third-order valence-electron chi connectivity index (χ3n) is 4.04. The zero-order valence-electron chi connectivity index (χ0n) is 16.8. The average molecular weight is 356 g/mol. The molecule has 0 atom stereocenters. The molecule has 0 aliphatic heterocycles. The third-order valence-corrected chi connectivity index (χ3v) is 4.04. The average Bonchev–Trinajstić information content (AvgIpc) is 2.56. The Morgan fingerprint density at radius 1 is 0.846 bits per heavy atom. The first-order chi connectivity index (χ1) is 12.2. The molecule has 2 heterocycles. The van der Waals surface area contributed by atoms with Crippen molar-refractivity contribution in [3.8, 4) is 0 Å². The van der Waals surface area contributed by atoms with Crippen molar-refractivity contribution in [1.29, 1.82) is 0 Å². The summed E-state index contributed by atoms with van der Waals surface area (Å²) in [5, 5.41) is 6.93. The minimum absolute atomic E-state index is 0.141. The predicted molar refractivity (Wildman–Crippen MR) is 107 cm³/mol. The molecule has 5 nitrogen and oxygen atoms in total. The number of rotatable bonds is 9. The van der Waals surface area contributed by atoms with E-state index in [1.165, 1.54) is 5.56 Å². The van der Waals surface area contributed by atoms with E-state index >= 15 is 0 Å². The Bertz CT molecular complexity index is 644. The van der Waals surface area contributed by atoms with E-state index < -0.39 is 0 Å². The number of nitrogens with one attached hydrogen (secondary N) is 2. The summed E-state index contributed by atoms with van der Waals surface area (Å²) in [6.45, 7) is 14.6. The smallest absolute Gasteiger partial charge is 0.141 e. The summed E-state index contributed by atoms with van der Waals surface area (Å²) in [6.07, 6.45) is 6.55. The van der Waals surface area contributed by atoms with Gasteiger partial charge in [-0.15, -0.1) is 0 Å². The first-order valence-electron chi connectivity index (χ1n) is 9.35. The van der Waals surface area contributed by atoms with Crippen LogP contribution in [0.3, 0.4) is 0 Å². The van der Waals surface area contributed by atoms with Crippen LogP contribution in [0.4, 0.5) is 0 Å². The van der Waals surface area contributed by atoms with Crippen molar-refractivity contribution in [3.05, 3.63) is 53.9 Å². The maximum absolute atomic E-state index is 4.61. The number of hydrogen-bond acceptors (Lipinski definition) is 5. The predicted octanol–water partition coefficient (Wildman–Crippen LogP) is 3.37. The second-order valence-corrected chi connectivity index (χ2v) is 8.93. The lowest BCUT2D eigenvalue weighted by Gasteiger charge is -2.25. The van der Waals surface area contributed by atoms with Crippen molar-refractivity contribution in [2.45, 2.75) is 54.1 Å². The molecule has 0 aliphatic rings. The van der Waals surface area contributed by atoms with Crippen molar-refractivity contribution in [3.63, 3.8) is 0 Å². The lowest BCUT2D eigenvalue weighted by atomic mass is 9.86. The van der Waals surface area contributed by atoms with Gasteiger partial charge in [-0.25, -0.2) is 9.97 Å². The molecule has 0 aromatic carbocycles. The topological polar surface area (TPSA) is 62.7 Å². The van der Waals surface area contributed by atoms with Gasteiger partial charge in [0.2, 0.25) is 0 Å². The molecule has 5 heteroatoms. The molecule has 0 unspecified atom stereocenters. The van der Waals surface area contributed by atoms with Crippen LogP contribution in [0.5, 0.6) is 0 Å². The quantitative estimate of drug-likeness (QED) is 0.722. The molecule has 0 aliphatic carbocycles. The van der Waals surface area contributed by atoms with Gasteiger partial charge in [-0.1, -0.05) is 40.7 Å². The Labute approximate surface area is 158 Å². The van der Waals surface area contributed by atoms with Crippen LogP contribution in [0.1, 0.15) is 51.7 Å². The van der Waals surface area contributed by atoms with Crippen LogP contribution in [0.2, 0.25) is 0 Å². The van der Waals surface area contributed by atoms with Gasteiger partial charge in [0.05, 0.1) is 12.2 Å². The van der Waals surface area contributed by atoms with E-state index in [9.17, 15) is 0 Å². The Morgan fingerprint density at radius 3 is 2.15 bits per heavy atom. The van der Waals surface area contributed by atoms with Gasteiger partial charge >= 0.3 is 0 Å². The molecule has 0 spiro atoms. The fraction of sp³-hybridized carbons (Fsp3) is 0.571. The Balaban J connectivity index is 1.77. The van der Waals surface area contributed by atoms with E-state index in [-0.39, 0.29) is 5.41 Å². The van der Waals surface area contributed by atoms with Gasteiger partial charge in [0.15, 0.2) is 0 Å². The van der Waals surface area contributed by atoms with Crippen molar-refractivity contribution in [2.24, 2.45) is 10.8 Å². The normalized spacial score (nSPS) is 12.3. The van der Waals surface area contributed by atoms with Crippen LogP contribution >= 0.6 is 0 Å². The molecule has 2 aromatic heterocycles. The largest absolute Gasteiger partial charge is 0.311 e. The second kappa shape index (κ2) is 9.19. The van der Waals surface area contributed by atoms with E-state index in [0.29, 0.717) is 12.0 Å². The van der Waals surface area contributed by atoms with Crippen LogP contribution in [-0.2, 0) is 19.5 Å². The number of nitrogens with zero attached hydrogens (tertiary/aromatic N) is 3. The highest BCUT2D eigenvalue weighted by atomic mass is 15.0. The molecular weight excluding hydrogens is 322 g/mol. The maximum Gasteiger partial charge on any atom is 0.141 e. The van der Waals surface area contributed by atoms with Gasteiger partial charge in [-0.3, -0.25) is 4.98 Å². The lowest BCUT2D eigenvalue weighted by molar-refractivity contribution is 0.335. The number of aromatic nitrogens is 3. The summed E-state index contributed by atoms with van der Waals surface area (Å²) in [6, 6.07) is 6.16. The molecule has 0 radical (unpaired) electrons. The summed E-state index contributed by atoms with van der Waals surface area (Å²) in [4.78, 5) is 13.1. The van der Waals surface area contributed by atoms with Crippen molar-refractivity contribution < 1.29 is 0 Å². The fourth-order valence-corrected chi connectivity index (χ4v) is 2.78. The summed E-state index contributed by atoms with van der Waals surface area (Å²) < 4.78 is 0. The Kier molecular flexibility index (Phi) is 7.23. The van der Waals surface area contributed by atoms with Gasteiger partial charge in [-0.05, 0) is 34.9 Å². The molecule has 2 rings (SSSR count). The van der Waals surface area contributed by atoms with Crippen LogP contribution in [-0.4, -0.2) is 28.0 Å². The molecule has 2 aromatic rings. The van der Waals surface area contributed by atoms with Crippen LogP contribution in [0, 0.1) is 10.8 Å². The van der Waals surface area contributed by atoms with Crippen molar-refractivity contribution >= 4 is 0 Å². The molecular formula is C21H33N5. The Morgan fingerprint density at radius 2 is 1.54 bits per heavy atom. The summed E-state index contributed by atoms with van der Waals surface area (Å²) in [5.41, 5.74) is 2.80. The maximum atomic E-state index is 4.61. The van der Waals surface area contributed by atoms with E-state index in [4.69, 9.17) is 0 Å². The molecule has 2 N–H and O–H groups in total. The highest BCUT2D eigenvalue weighted by molar-refractivity contribution is 5.15. The van der Waals surface area contributed by atoms with E-state index in [0.717, 1.165) is 37.6 Å². The van der Waals surface area contributed by atoms with Crippen LogP contribution in [0.15, 0.2) is 36.8 Å². The number of pyridine rings is 1. The first-order valence-corrected chi connectivity index (χ1v) is 9.35. The van der Waals surface area contributed by atoms with Crippen LogP contribution < -0.4 is 10.6 Å². The van der Waals surface area contributed by atoms with Crippen molar-refractivity contribution in [2.75, 3.05) is 13.1 Å². The molecule has 0 bridgehead atoms. The highest BCUT2D eigenvalue weighted by Crippen LogP contribution is 2.21. The monoisotopic (exact) mass is 355 g/mol. The van der Waals surface area contributed by atoms with E-state index in [1.807, 2.05) is 12.3 Å². The van der Waals surface area contributed by atoms with Gasteiger partial charge in [0.1, 0.15) is 5.82 Å². The standard InChI is InChI=1S/C21H33N5/c1-20(2,3)15-22-13-18-8-7-17(12-26-18)11-21(4,5)16-23-14-19-24-9-6-10-25-19/h6-10,12,22-23H,11,13-16H2,1-5H3. The number of hydrogen-bond donors (Lipinski definition) is 2. The summed E-state index contributed by atoms with van der Waals surface area (Å²) in [5.74, 6) is 0.831. The molecule has 0 saturated heterocycles.